The number of nitrogens with zero attached hydrogens (tertiary/aromatic N) is 4. The van der Waals surface area contributed by atoms with Gasteiger partial charge in [-0.3, -0.25) is 19.3 Å². The molecule has 168 valence electrons. The molecule has 0 aliphatic carbocycles. The Morgan fingerprint density at radius 3 is 2.41 bits per heavy atom. The fourth-order valence-electron chi connectivity index (χ4n) is 4.36. The first-order chi connectivity index (χ1) is 15.2. The Morgan fingerprint density at radius 2 is 1.81 bits per heavy atom. The Labute approximate surface area is 188 Å². The van der Waals surface area contributed by atoms with E-state index in [1.165, 1.54) is 30.2 Å². The van der Waals surface area contributed by atoms with Crippen molar-refractivity contribution in [1.82, 2.24) is 14.8 Å². The molecule has 0 atom stereocenters. The zero-order valence-corrected chi connectivity index (χ0v) is 18.1. The number of rotatable bonds is 3. The second-order valence-electron chi connectivity index (χ2n) is 7.99. The summed E-state index contributed by atoms with van der Waals surface area (Å²) in [5.74, 6) is -2.45. The van der Waals surface area contributed by atoms with Crippen LogP contribution in [0.5, 0.6) is 0 Å². The van der Waals surface area contributed by atoms with Gasteiger partial charge in [-0.2, -0.15) is 0 Å². The van der Waals surface area contributed by atoms with E-state index in [0.29, 0.717) is 5.56 Å². The highest BCUT2D eigenvalue weighted by atomic mass is 35.5. The summed E-state index contributed by atoms with van der Waals surface area (Å²) < 4.78 is 27.9. The fraction of sp³-hybridized carbons (Fsp3) is 0.364. The van der Waals surface area contributed by atoms with Crippen molar-refractivity contribution in [2.75, 3.05) is 24.5 Å². The standard InChI is InChI=1S/C22H21ClF2N4O3/c1-14(30)27-8-6-22(7-9-27)21(32)28(20-18(25)10-16(23)11-26-20)13-19(31)29(22)12-15-2-4-17(24)5-3-15/h2-5,10-11H,6-9,12-13H2,1H3. The fourth-order valence-corrected chi connectivity index (χ4v) is 4.51. The largest absolute Gasteiger partial charge is 0.343 e. The highest BCUT2D eigenvalue weighted by Gasteiger charge is 2.54. The summed E-state index contributed by atoms with van der Waals surface area (Å²) in [6.07, 6.45) is 1.61. The zero-order chi connectivity index (χ0) is 23.0. The lowest BCUT2D eigenvalue weighted by Crippen LogP contribution is -2.71. The number of benzene rings is 1. The third-order valence-electron chi connectivity index (χ3n) is 6.09. The van der Waals surface area contributed by atoms with Crippen LogP contribution in [0.1, 0.15) is 25.3 Å². The summed E-state index contributed by atoms with van der Waals surface area (Å²) in [6, 6.07) is 6.72. The van der Waals surface area contributed by atoms with E-state index in [1.807, 2.05) is 0 Å². The molecule has 0 unspecified atom stereocenters. The topological polar surface area (TPSA) is 73.8 Å². The van der Waals surface area contributed by atoms with E-state index in [9.17, 15) is 23.2 Å². The Balaban J connectivity index is 1.72. The van der Waals surface area contributed by atoms with E-state index in [2.05, 4.69) is 4.98 Å². The van der Waals surface area contributed by atoms with Crippen molar-refractivity contribution in [3.63, 3.8) is 0 Å². The van der Waals surface area contributed by atoms with Gasteiger partial charge in [0.25, 0.3) is 5.91 Å². The normalized spacial score (nSPS) is 18.4. The first kappa shape index (κ1) is 22.1. The lowest BCUT2D eigenvalue weighted by Gasteiger charge is -2.52. The molecule has 10 heteroatoms. The van der Waals surface area contributed by atoms with Crippen molar-refractivity contribution in [2.45, 2.75) is 31.8 Å². The molecule has 2 fully saturated rings. The van der Waals surface area contributed by atoms with Crippen LogP contribution in [0.25, 0.3) is 0 Å². The van der Waals surface area contributed by atoms with Crippen LogP contribution >= 0.6 is 11.6 Å². The molecule has 0 bridgehead atoms. The van der Waals surface area contributed by atoms with E-state index in [4.69, 9.17) is 11.6 Å². The monoisotopic (exact) mass is 462 g/mol. The SMILES string of the molecule is CC(=O)N1CCC2(CC1)C(=O)N(c1ncc(Cl)cc1F)CC(=O)N2Cc1ccc(F)cc1. The minimum atomic E-state index is -1.27. The molecule has 1 aromatic carbocycles. The summed E-state index contributed by atoms with van der Waals surface area (Å²) in [4.78, 5) is 46.9. The van der Waals surface area contributed by atoms with Crippen LogP contribution in [0.15, 0.2) is 36.5 Å². The quantitative estimate of drug-likeness (QED) is 0.703. The molecule has 2 saturated heterocycles. The number of halogens is 3. The van der Waals surface area contributed by atoms with Crippen molar-refractivity contribution < 1.29 is 23.2 Å². The molecular weight excluding hydrogens is 442 g/mol. The van der Waals surface area contributed by atoms with Crippen molar-refractivity contribution in [1.29, 1.82) is 0 Å². The maximum Gasteiger partial charge on any atom is 0.254 e. The molecule has 3 amide bonds. The van der Waals surface area contributed by atoms with Gasteiger partial charge in [-0.25, -0.2) is 13.8 Å². The van der Waals surface area contributed by atoms with Gasteiger partial charge in [0, 0.05) is 32.8 Å². The second kappa shape index (κ2) is 8.46. The molecule has 0 radical (unpaired) electrons. The van der Waals surface area contributed by atoms with Gasteiger partial charge in [0.05, 0.1) is 5.02 Å². The number of piperazine rings is 1. The number of carbonyl (C=O) groups excluding carboxylic acids is 3. The van der Waals surface area contributed by atoms with Gasteiger partial charge >= 0.3 is 0 Å². The zero-order valence-electron chi connectivity index (χ0n) is 17.4. The van der Waals surface area contributed by atoms with Crippen LogP contribution in [-0.4, -0.2) is 57.7 Å². The number of anilines is 1. The van der Waals surface area contributed by atoms with Crippen LogP contribution in [-0.2, 0) is 20.9 Å². The van der Waals surface area contributed by atoms with Crippen molar-refractivity contribution in [2.24, 2.45) is 0 Å². The Morgan fingerprint density at radius 1 is 1.16 bits per heavy atom. The van der Waals surface area contributed by atoms with E-state index in [1.54, 1.807) is 17.0 Å². The summed E-state index contributed by atoms with van der Waals surface area (Å²) in [5, 5.41) is 0.0736. The molecule has 2 aliphatic rings. The van der Waals surface area contributed by atoms with Gasteiger partial charge < -0.3 is 9.80 Å². The Kier molecular flexibility index (Phi) is 5.85. The lowest BCUT2D eigenvalue weighted by molar-refractivity contribution is -0.156. The summed E-state index contributed by atoms with van der Waals surface area (Å²) in [7, 11) is 0. The van der Waals surface area contributed by atoms with Gasteiger partial charge in [0.1, 0.15) is 17.9 Å². The average molecular weight is 463 g/mol. The number of hydrogen-bond acceptors (Lipinski definition) is 4. The summed E-state index contributed by atoms with van der Waals surface area (Å²) in [6.45, 7) is 1.71. The maximum atomic E-state index is 14.6. The highest BCUT2D eigenvalue weighted by molar-refractivity contribution is 6.30. The minimum Gasteiger partial charge on any atom is -0.343 e. The van der Waals surface area contributed by atoms with E-state index in [0.717, 1.165) is 11.0 Å². The van der Waals surface area contributed by atoms with Crippen LogP contribution in [0.4, 0.5) is 14.6 Å². The molecule has 1 aromatic heterocycles. The first-order valence-corrected chi connectivity index (χ1v) is 10.5. The predicted octanol–water partition coefficient (Wildman–Crippen LogP) is 2.77. The summed E-state index contributed by atoms with van der Waals surface area (Å²) >= 11 is 5.79. The highest BCUT2D eigenvalue weighted by Crippen LogP contribution is 2.37. The number of pyridine rings is 1. The van der Waals surface area contributed by atoms with Crippen molar-refractivity contribution >= 4 is 35.1 Å². The van der Waals surface area contributed by atoms with Crippen LogP contribution in [0.3, 0.4) is 0 Å². The number of amides is 3. The molecule has 2 aromatic rings. The lowest BCUT2D eigenvalue weighted by atomic mass is 9.81. The third-order valence-corrected chi connectivity index (χ3v) is 6.29. The smallest absolute Gasteiger partial charge is 0.254 e. The Hall–Kier alpha value is -3.07. The second-order valence-corrected chi connectivity index (χ2v) is 8.43. The van der Waals surface area contributed by atoms with Crippen LogP contribution < -0.4 is 4.90 Å². The van der Waals surface area contributed by atoms with Gasteiger partial charge in [-0.1, -0.05) is 23.7 Å². The first-order valence-electron chi connectivity index (χ1n) is 10.1. The van der Waals surface area contributed by atoms with Crippen molar-refractivity contribution in [3.05, 3.63) is 58.7 Å². The maximum absolute atomic E-state index is 14.6. The molecule has 4 rings (SSSR count). The molecule has 32 heavy (non-hydrogen) atoms. The number of aromatic nitrogens is 1. The summed E-state index contributed by atoms with van der Waals surface area (Å²) in [5.41, 5.74) is -0.617. The van der Waals surface area contributed by atoms with Gasteiger partial charge in [-0.15, -0.1) is 0 Å². The molecule has 7 nitrogen and oxygen atoms in total. The predicted molar refractivity (Wildman–Crippen MR) is 113 cm³/mol. The molecule has 2 aliphatic heterocycles. The van der Waals surface area contributed by atoms with E-state index >= 15 is 0 Å². The Bertz CT molecular complexity index is 1070. The average Bonchev–Trinajstić information content (AvgIpc) is 2.76. The molecule has 0 N–H and O–H groups in total. The van der Waals surface area contributed by atoms with E-state index in [-0.39, 0.29) is 61.7 Å². The molecule has 0 saturated carbocycles. The van der Waals surface area contributed by atoms with Gasteiger partial charge in [0.15, 0.2) is 11.6 Å². The van der Waals surface area contributed by atoms with Crippen molar-refractivity contribution in [3.8, 4) is 0 Å². The van der Waals surface area contributed by atoms with E-state index < -0.39 is 23.1 Å². The number of likely N-dealkylation sites (tertiary alicyclic amines) is 1. The van der Waals surface area contributed by atoms with Gasteiger partial charge in [-0.05, 0) is 36.6 Å². The number of carbonyl (C=O) groups is 3. The minimum absolute atomic E-state index is 0.0736. The van der Waals surface area contributed by atoms with Crippen LogP contribution in [0, 0.1) is 11.6 Å². The molecule has 1 spiro atoms. The molecular formula is C22H21ClF2N4O3. The third kappa shape index (κ3) is 3.92. The number of piperidine rings is 1. The molecule has 3 heterocycles. The van der Waals surface area contributed by atoms with Gasteiger partial charge in [0.2, 0.25) is 11.8 Å². The number of hydrogen-bond donors (Lipinski definition) is 0. The van der Waals surface area contributed by atoms with Crippen LogP contribution in [0.2, 0.25) is 5.02 Å².